The first-order valence-electron chi connectivity index (χ1n) is 8.07. The van der Waals surface area contributed by atoms with Crippen LogP contribution in [-0.4, -0.2) is 24.2 Å². The number of benzene rings is 1. The molecule has 0 radical (unpaired) electrons. The van der Waals surface area contributed by atoms with Crippen molar-refractivity contribution in [2.45, 2.75) is 18.4 Å². The monoisotopic (exact) mass is 401 g/mol. The molecule has 0 bridgehead atoms. The molecule has 1 aromatic carbocycles. The molecule has 0 spiro atoms. The van der Waals surface area contributed by atoms with Gasteiger partial charge in [-0.25, -0.2) is 12.4 Å². The molecule has 0 unspecified atom stereocenters. The minimum atomic E-state index is -3.92. The van der Waals surface area contributed by atoms with Crippen LogP contribution >= 0.6 is 11.3 Å². The number of carbonyl (C=O) groups excluding carboxylic acids is 2. The second-order valence-corrected chi connectivity index (χ2v) is 8.85. The molecule has 27 heavy (non-hydrogen) atoms. The molecule has 0 aliphatic carbocycles. The lowest BCUT2D eigenvalue weighted by molar-refractivity contribution is 0.0949. The molecule has 1 aliphatic heterocycles. The van der Waals surface area contributed by atoms with Crippen LogP contribution in [0.25, 0.3) is 0 Å². The van der Waals surface area contributed by atoms with E-state index >= 15 is 0 Å². The fraction of sp³-hybridized carbons (Fsp3) is 0.111. The van der Waals surface area contributed by atoms with Crippen LogP contribution in [0.5, 0.6) is 0 Å². The lowest BCUT2D eigenvalue weighted by Gasteiger charge is -2.10. The Hall–Kier alpha value is -2.91. The van der Waals surface area contributed by atoms with Gasteiger partial charge in [0.15, 0.2) is 0 Å². The summed E-state index contributed by atoms with van der Waals surface area (Å²) in [5.74, 6) is -0.893. The maximum absolute atomic E-state index is 12.8. The van der Waals surface area contributed by atoms with Gasteiger partial charge in [0.05, 0.1) is 12.2 Å². The molecule has 3 heterocycles. The summed E-state index contributed by atoms with van der Waals surface area (Å²) in [7, 11) is -3.92. The normalized spacial score (nSPS) is 14.6. The summed E-state index contributed by atoms with van der Waals surface area (Å²) in [6.07, 6.45) is 1.32. The van der Waals surface area contributed by atoms with Gasteiger partial charge >= 0.3 is 0 Å². The van der Waals surface area contributed by atoms with Gasteiger partial charge in [-0.15, -0.1) is 11.3 Å². The van der Waals surface area contributed by atoms with Gasteiger partial charge in [0, 0.05) is 16.6 Å². The fourth-order valence-electron chi connectivity index (χ4n) is 2.89. The van der Waals surface area contributed by atoms with E-state index in [4.69, 9.17) is 0 Å². The number of anilines is 1. The Kier molecular flexibility index (Phi) is 4.12. The van der Waals surface area contributed by atoms with Crippen LogP contribution in [0.3, 0.4) is 0 Å². The highest BCUT2D eigenvalue weighted by Gasteiger charge is 2.30. The Bertz CT molecular complexity index is 1170. The fourth-order valence-corrected chi connectivity index (χ4v) is 5.20. The lowest BCUT2D eigenvalue weighted by atomic mass is 10.1. The van der Waals surface area contributed by atoms with E-state index in [0.29, 0.717) is 6.54 Å². The minimum absolute atomic E-state index is 0.0189. The van der Waals surface area contributed by atoms with Gasteiger partial charge in [0.1, 0.15) is 10.6 Å². The number of aromatic nitrogens is 1. The zero-order chi connectivity index (χ0) is 19.2. The first-order valence-corrected chi connectivity index (χ1v) is 10.4. The third-order valence-electron chi connectivity index (χ3n) is 4.35. The Morgan fingerprint density at radius 3 is 2.81 bits per heavy atom. The Labute approximate surface area is 159 Å². The molecule has 7 nitrogen and oxygen atoms in total. The first kappa shape index (κ1) is 17.5. The van der Waals surface area contributed by atoms with Crippen LogP contribution in [0.15, 0.2) is 52.9 Å². The Morgan fingerprint density at radius 2 is 2.07 bits per heavy atom. The average Bonchev–Trinajstić information content (AvgIpc) is 3.27. The van der Waals surface area contributed by atoms with Crippen molar-refractivity contribution in [2.75, 3.05) is 5.32 Å². The van der Waals surface area contributed by atoms with E-state index in [-0.39, 0.29) is 27.7 Å². The molecule has 2 N–H and O–H groups in total. The summed E-state index contributed by atoms with van der Waals surface area (Å²) in [5.41, 5.74) is 1.47. The van der Waals surface area contributed by atoms with Gasteiger partial charge in [-0.3, -0.25) is 9.59 Å². The SMILES string of the molecule is Cc1ccsc1CNC(=O)c1ccc2c(c1)NC(=O)c1cccn1S2(=O)=O. The van der Waals surface area contributed by atoms with Crippen LogP contribution in [-0.2, 0) is 16.6 Å². The van der Waals surface area contributed by atoms with Crippen molar-refractivity contribution in [3.05, 3.63) is 69.7 Å². The van der Waals surface area contributed by atoms with Gasteiger partial charge in [-0.2, -0.15) is 0 Å². The standard InChI is InChI=1S/C18H15N3O4S2/c1-11-6-8-26-15(11)10-19-17(22)12-4-5-16-13(9-12)20-18(23)14-3-2-7-21(14)27(16,24)25/h2-9H,10H2,1H3,(H,19,22)(H,20,23). The molecule has 2 aromatic heterocycles. The van der Waals surface area contributed by atoms with Crippen LogP contribution < -0.4 is 10.6 Å². The van der Waals surface area contributed by atoms with Crippen molar-refractivity contribution < 1.29 is 18.0 Å². The number of rotatable bonds is 3. The van der Waals surface area contributed by atoms with E-state index in [1.165, 1.54) is 36.5 Å². The molecule has 3 aromatic rings. The van der Waals surface area contributed by atoms with Crippen molar-refractivity contribution >= 4 is 38.9 Å². The number of hydrogen-bond acceptors (Lipinski definition) is 5. The maximum Gasteiger partial charge on any atom is 0.273 e. The number of amides is 2. The molecule has 2 amide bonds. The molecule has 0 saturated heterocycles. The predicted molar refractivity (Wildman–Crippen MR) is 102 cm³/mol. The number of carbonyl (C=O) groups is 2. The van der Waals surface area contributed by atoms with Crippen molar-refractivity contribution in [2.24, 2.45) is 0 Å². The number of fused-ring (bicyclic) bond motifs is 2. The number of hydrogen-bond donors (Lipinski definition) is 2. The van der Waals surface area contributed by atoms with Crippen LogP contribution in [0.4, 0.5) is 5.69 Å². The van der Waals surface area contributed by atoms with Crippen molar-refractivity contribution in [1.82, 2.24) is 9.29 Å². The van der Waals surface area contributed by atoms with Gasteiger partial charge < -0.3 is 10.6 Å². The summed E-state index contributed by atoms with van der Waals surface area (Å²) in [6.45, 7) is 2.35. The molecule has 138 valence electrons. The third-order valence-corrected chi connectivity index (χ3v) is 7.12. The third kappa shape index (κ3) is 2.94. The number of nitrogens with zero attached hydrogens (tertiary/aromatic N) is 1. The van der Waals surface area contributed by atoms with Gasteiger partial charge in [-0.05, 0) is 54.3 Å². The second-order valence-electron chi connectivity index (χ2n) is 6.07. The minimum Gasteiger partial charge on any atom is -0.347 e. The molecule has 1 aliphatic rings. The smallest absolute Gasteiger partial charge is 0.273 e. The molecular weight excluding hydrogens is 386 g/mol. The summed E-state index contributed by atoms with van der Waals surface area (Å²) in [6, 6.07) is 9.05. The molecule has 9 heteroatoms. The van der Waals surface area contributed by atoms with E-state index in [1.54, 1.807) is 11.3 Å². The maximum atomic E-state index is 12.8. The molecule has 0 saturated carbocycles. The molecule has 0 atom stereocenters. The summed E-state index contributed by atoms with van der Waals surface area (Å²) in [5, 5.41) is 7.34. The molecule has 0 fully saturated rings. The quantitative estimate of drug-likeness (QED) is 0.705. The van der Waals surface area contributed by atoms with Crippen LogP contribution in [0, 0.1) is 6.92 Å². The predicted octanol–water partition coefficient (Wildman–Crippen LogP) is 2.59. The van der Waals surface area contributed by atoms with E-state index < -0.39 is 15.9 Å². The van der Waals surface area contributed by atoms with E-state index in [1.807, 2.05) is 18.4 Å². The molecular formula is C18H15N3O4S2. The second kappa shape index (κ2) is 6.36. The number of nitrogens with one attached hydrogen (secondary N) is 2. The van der Waals surface area contributed by atoms with Crippen LogP contribution in [0.1, 0.15) is 31.3 Å². The topological polar surface area (TPSA) is 97.3 Å². The highest BCUT2D eigenvalue weighted by atomic mass is 32.2. The Balaban J connectivity index is 1.66. The molecule has 4 rings (SSSR count). The zero-order valence-corrected chi connectivity index (χ0v) is 15.9. The van der Waals surface area contributed by atoms with Crippen molar-refractivity contribution in [3.63, 3.8) is 0 Å². The largest absolute Gasteiger partial charge is 0.347 e. The van der Waals surface area contributed by atoms with Gasteiger partial charge in [0.2, 0.25) is 0 Å². The Morgan fingerprint density at radius 1 is 1.26 bits per heavy atom. The van der Waals surface area contributed by atoms with E-state index in [0.717, 1.165) is 14.4 Å². The van der Waals surface area contributed by atoms with Gasteiger partial charge in [-0.1, -0.05) is 0 Å². The summed E-state index contributed by atoms with van der Waals surface area (Å²) < 4.78 is 26.5. The summed E-state index contributed by atoms with van der Waals surface area (Å²) in [4.78, 5) is 25.8. The van der Waals surface area contributed by atoms with E-state index in [9.17, 15) is 18.0 Å². The van der Waals surface area contributed by atoms with Crippen molar-refractivity contribution in [3.8, 4) is 0 Å². The number of thiophene rings is 1. The highest BCUT2D eigenvalue weighted by Crippen LogP contribution is 2.29. The number of aryl methyl sites for hydroxylation is 1. The first-order chi connectivity index (χ1) is 12.9. The lowest BCUT2D eigenvalue weighted by Crippen LogP contribution is -2.23. The highest BCUT2D eigenvalue weighted by molar-refractivity contribution is 7.90. The van der Waals surface area contributed by atoms with Crippen LogP contribution in [0.2, 0.25) is 0 Å². The average molecular weight is 401 g/mol. The van der Waals surface area contributed by atoms with Gasteiger partial charge in [0.25, 0.3) is 21.8 Å². The summed E-state index contributed by atoms with van der Waals surface area (Å²) >= 11 is 1.55. The van der Waals surface area contributed by atoms with Crippen molar-refractivity contribution in [1.29, 1.82) is 0 Å². The van der Waals surface area contributed by atoms with E-state index in [2.05, 4.69) is 10.6 Å². The zero-order valence-electron chi connectivity index (χ0n) is 14.2.